The van der Waals surface area contributed by atoms with Gasteiger partial charge in [0.2, 0.25) is 5.91 Å². The van der Waals surface area contributed by atoms with Crippen molar-refractivity contribution in [3.63, 3.8) is 0 Å². The zero-order chi connectivity index (χ0) is 23.2. The van der Waals surface area contributed by atoms with Gasteiger partial charge in [-0.15, -0.1) is 10.2 Å². The maximum absolute atomic E-state index is 12.7. The van der Waals surface area contributed by atoms with Gasteiger partial charge >= 0.3 is 6.18 Å². The molecular weight excluding hydrogens is 427 g/mol. The number of hydrogen-bond donors (Lipinski definition) is 1. The first kappa shape index (κ1) is 25.2. The Morgan fingerprint density at radius 3 is 2.35 bits per heavy atom. The predicted octanol–water partition coefficient (Wildman–Crippen LogP) is 5.23. The van der Waals surface area contributed by atoms with Gasteiger partial charge in [-0.2, -0.15) is 13.2 Å². The number of unbranched alkanes of at least 4 members (excludes halogenated alkanes) is 1. The summed E-state index contributed by atoms with van der Waals surface area (Å²) in [5.74, 6) is 0.565. The quantitative estimate of drug-likeness (QED) is 0.495. The lowest BCUT2D eigenvalue weighted by Gasteiger charge is -2.23. The Morgan fingerprint density at radius 1 is 1.19 bits per heavy atom. The minimum Gasteiger partial charge on any atom is -0.325 e. The van der Waals surface area contributed by atoms with Gasteiger partial charge in [-0.1, -0.05) is 32.0 Å². The fraction of sp³-hybridized carbons (Fsp3) is 0.571. The average molecular weight is 458 g/mol. The molecule has 0 spiro atoms. The Bertz CT molecular complexity index is 852. The van der Waals surface area contributed by atoms with Crippen molar-refractivity contribution in [2.75, 3.05) is 19.4 Å². The van der Waals surface area contributed by atoms with Gasteiger partial charge in [-0.3, -0.25) is 9.69 Å². The second-order valence-electron chi connectivity index (χ2n) is 7.56. The second-order valence-corrected chi connectivity index (χ2v) is 8.87. The summed E-state index contributed by atoms with van der Waals surface area (Å²) in [5.41, 5.74) is -0.437. The summed E-state index contributed by atoms with van der Waals surface area (Å²) >= 11 is 1.29. The van der Waals surface area contributed by atoms with E-state index in [1.807, 2.05) is 14.1 Å². The van der Waals surface area contributed by atoms with Crippen LogP contribution in [0.2, 0.25) is 0 Å². The molecule has 1 N–H and O–H groups in total. The number of benzene rings is 1. The molecule has 0 radical (unpaired) electrons. The van der Waals surface area contributed by atoms with Crippen LogP contribution in [-0.2, 0) is 17.5 Å². The van der Waals surface area contributed by atoms with Crippen LogP contribution in [0.1, 0.15) is 57.5 Å². The molecule has 0 aliphatic rings. The molecular formula is C21H30F3N5OS. The fourth-order valence-electron chi connectivity index (χ4n) is 3.14. The molecule has 1 aromatic heterocycles. The second kappa shape index (κ2) is 11.0. The van der Waals surface area contributed by atoms with Crippen LogP contribution in [0.25, 0.3) is 0 Å². The number of amides is 1. The van der Waals surface area contributed by atoms with E-state index >= 15 is 0 Å². The maximum Gasteiger partial charge on any atom is 0.416 e. The summed E-state index contributed by atoms with van der Waals surface area (Å²) < 4.78 is 40.2. The minimum atomic E-state index is -4.41. The van der Waals surface area contributed by atoms with Crippen LogP contribution in [-0.4, -0.2) is 44.9 Å². The van der Waals surface area contributed by atoms with E-state index in [-0.39, 0.29) is 11.9 Å². The molecule has 1 aromatic carbocycles. The first-order valence-electron chi connectivity index (χ1n) is 10.3. The van der Waals surface area contributed by atoms with Crippen molar-refractivity contribution in [2.45, 2.75) is 69.2 Å². The Hall–Kier alpha value is -2.07. The minimum absolute atomic E-state index is 0.120. The number of carbonyl (C=O) groups excluding carboxylic acids is 1. The zero-order valence-electron chi connectivity index (χ0n) is 18.5. The van der Waals surface area contributed by atoms with Gasteiger partial charge in [0, 0.05) is 12.2 Å². The molecule has 0 bridgehead atoms. The Balaban J connectivity index is 2.13. The molecule has 0 saturated heterocycles. The number of nitrogens with one attached hydrogen (secondary N) is 1. The first-order chi connectivity index (χ1) is 14.6. The van der Waals surface area contributed by atoms with E-state index in [4.69, 9.17) is 0 Å². The molecule has 31 heavy (non-hydrogen) atoms. The largest absolute Gasteiger partial charge is 0.416 e. The standard InChI is InChI=1S/C21H30F3N5OS/c1-6-8-13-29-18(17(7-2)28(4)5)26-27-20(29)31-14(3)19(30)25-16-11-9-15(10-12-16)21(22,23)24/h9-12,14,17H,6-8,13H2,1-5H3,(H,25,30). The van der Waals surface area contributed by atoms with Gasteiger partial charge in [0.1, 0.15) is 0 Å². The zero-order valence-corrected chi connectivity index (χ0v) is 19.3. The molecule has 2 atom stereocenters. The molecule has 0 aliphatic carbocycles. The highest BCUT2D eigenvalue weighted by Crippen LogP contribution is 2.31. The third-order valence-electron chi connectivity index (χ3n) is 4.92. The number of nitrogens with zero attached hydrogens (tertiary/aromatic N) is 4. The highest BCUT2D eigenvalue weighted by atomic mass is 32.2. The molecule has 172 valence electrons. The molecule has 0 aliphatic heterocycles. The predicted molar refractivity (Wildman–Crippen MR) is 117 cm³/mol. The Morgan fingerprint density at radius 2 is 1.84 bits per heavy atom. The van der Waals surface area contributed by atoms with Crippen molar-refractivity contribution in [3.8, 4) is 0 Å². The number of halogens is 3. The van der Waals surface area contributed by atoms with Gasteiger partial charge < -0.3 is 9.88 Å². The lowest BCUT2D eigenvalue weighted by Crippen LogP contribution is -2.24. The van der Waals surface area contributed by atoms with Gasteiger partial charge in [-0.05, 0) is 58.1 Å². The van der Waals surface area contributed by atoms with Crippen LogP contribution in [0.4, 0.5) is 18.9 Å². The van der Waals surface area contributed by atoms with Crippen molar-refractivity contribution in [1.29, 1.82) is 0 Å². The van der Waals surface area contributed by atoms with Crippen LogP contribution >= 0.6 is 11.8 Å². The smallest absolute Gasteiger partial charge is 0.325 e. The van der Waals surface area contributed by atoms with Crippen molar-refractivity contribution in [2.24, 2.45) is 0 Å². The van der Waals surface area contributed by atoms with Gasteiger partial charge in [0.25, 0.3) is 0 Å². The summed E-state index contributed by atoms with van der Waals surface area (Å²) in [4.78, 5) is 14.7. The van der Waals surface area contributed by atoms with E-state index in [9.17, 15) is 18.0 Å². The van der Waals surface area contributed by atoms with E-state index in [0.29, 0.717) is 10.8 Å². The van der Waals surface area contributed by atoms with E-state index in [1.165, 1.54) is 23.9 Å². The molecule has 10 heteroatoms. The third kappa shape index (κ3) is 6.70. The molecule has 1 amide bonds. The van der Waals surface area contributed by atoms with Crippen molar-refractivity contribution in [3.05, 3.63) is 35.7 Å². The molecule has 1 heterocycles. The molecule has 0 saturated carbocycles. The van der Waals surface area contributed by atoms with E-state index < -0.39 is 17.0 Å². The van der Waals surface area contributed by atoms with Gasteiger partial charge in [0.15, 0.2) is 11.0 Å². The van der Waals surface area contributed by atoms with Crippen LogP contribution in [0.5, 0.6) is 0 Å². The first-order valence-corrected chi connectivity index (χ1v) is 11.2. The summed E-state index contributed by atoms with van der Waals surface area (Å²) in [6.45, 7) is 6.71. The molecule has 0 fully saturated rings. The molecule has 6 nitrogen and oxygen atoms in total. The molecule has 2 aromatic rings. The van der Waals surface area contributed by atoms with Crippen molar-refractivity contribution < 1.29 is 18.0 Å². The Labute approximate surface area is 185 Å². The van der Waals surface area contributed by atoms with Crippen LogP contribution < -0.4 is 5.32 Å². The fourth-order valence-corrected chi connectivity index (χ4v) is 4.02. The van der Waals surface area contributed by atoms with Gasteiger partial charge in [-0.25, -0.2) is 0 Å². The summed E-state index contributed by atoms with van der Waals surface area (Å²) in [6, 6.07) is 4.53. The topological polar surface area (TPSA) is 63.1 Å². The monoisotopic (exact) mass is 457 g/mol. The number of alkyl halides is 3. The van der Waals surface area contributed by atoms with Gasteiger partial charge in [0.05, 0.1) is 16.9 Å². The van der Waals surface area contributed by atoms with Crippen LogP contribution in [0.3, 0.4) is 0 Å². The summed E-state index contributed by atoms with van der Waals surface area (Å²) in [6.07, 6.45) is -1.54. The van der Waals surface area contributed by atoms with Crippen molar-refractivity contribution >= 4 is 23.4 Å². The summed E-state index contributed by atoms with van der Waals surface area (Å²) in [7, 11) is 4.00. The average Bonchev–Trinajstić information content (AvgIpc) is 3.08. The molecule has 2 unspecified atom stereocenters. The summed E-state index contributed by atoms with van der Waals surface area (Å²) in [5, 5.41) is 11.6. The SMILES string of the molecule is CCCCn1c(SC(C)C(=O)Nc2ccc(C(F)(F)F)cc2)nnc1C(CC)N(C)C. The number of carbonyl (C=O) groups is 1. The van der Waals surface area contributed by atoms with E-state index in [1.54, 1.807) is 6.92 Å². The number of hydrogen-bond acceptors (Lipinski definition) is 5. The van der Waals surface area contributed by atoms with Crippen LogP contribution in [0.15, 0.2) is 29.4 Å². The number of thioether (sulfide) groups is 1. The Kier molecular flexibility index (Phi) is 8.93. The van der Waals surface area contributed by atoms with Crippen molar-refractivity contribution in [1.82, 2.24) is 19.7 Å². The number of aromatic nitrogens is 3. The number of rotatable bonds is 10. The van der Waals surface area contributed by atoms with E-state index in [0.717, 1.165) is 43.8 Å². The lowest BCUT2D eigenvalue weighted by atomic mass is 10.2. The van der Waals surface area contributed by atoms with E-state index in [2.05, 4.69) is 38.8 Å². The molecule has 2 rings (SSSR count). The third-order valence-corrected chi connectivity index (χ3v) is 6.00. The normalized spacial score (nSPS) is 14.0. The highest BCUT2D eigenvalue weighted by Gasteiger charge is 2.30. The number of anilines is 1. The highest BCUT2D eigenvalue weighted by molar-refractivity contribution is 8.00. The lowest BCUT2D eigenvalue weighted by molar-refractivity contribution is -0.137. The van der Waals surface area contributed by atoms with Crippen LogP contribution in [0, 0.1) is 0 Å². The maximum atomic E-state index is 12.7.